The summed E-state index contributed by atoms with van der Waals surface area (Å²) in [4.78, 5) is 0. The Hall–Kier alpha value is -0.900. The summed E-state index contributed by atoms with van der Waals surface area (Å²) in [5.41, 5.74) is 0. The summed E-state index contributed by atoms with van der Waals surface area (Å²) in [6, 6.07) is 0.557. The molecule has 4 heteroatoms. The highest BCUT2D eigenvalue weighted by Crippen LogP contribution is 2.02. The van der Waals surface area contributed by atoms with E-state index in [0.29, 0.717) is 6.04 Å². The van der Waals surface area contributed by atoms with Crippen molar-refractivity contribution in [3.8, 4) is 0 Å². The maximum atomic E-state index is 4.12. The summed E-state index contributed by atoms with van der Waals surface area (Å²) < 4.78 is 2.03. The SMILES string of the molecule is CCCCC(C)NCc1nnc(C)n1C. The summed E-state index contributed by atoms with van der Waals surface area (Å²) in [5.74, 6) is 1.98. The summed E-state index contributed by atoms with van der Waals surface area (Å²) in [6.07, 6.45) is 3.77. The predicted octanol–water partition coefficient (Wildman–Crippen LogP) is 1.79. The highest BCUT2D eigenvalue weighted by Gasteiger charge is 2.06. The zero-order valence-electron chi connectivity index (χ0n) is 10.2. The fraction of sp³-hybridized carbons (Fsp3) is 0.818. The normalized spacial score (nSPS) is 13.1. The summed E-state index contributed by atoms with van der Waals surface area (Å²) >= 11 is 0. The molecule has 1 heterocycles. The van der Waals surface area contributed by atoms with Crippen LogP contribution in [0.25, 0.3) is 0 Å². The fourth-order valence-electron chi connectivity index (χ4n) is 1.48. The van der Waals surface area contributed by atoms with Gasteiger partial charge in [-0.25, -0.2) is 0 Å². The van der Waals surface area contributed by atoms with Gasteiger partial charge in [-0.05, 0) is 20.3 Å². The van der Waals surface area contributed by atoms with E-state index in [2.05, 4.69) is 29.4 Å². The van der Waals surface area contributed by atoms with E-state index in [9.17, 15) is 0 Å². The number of aryl methyl sites for hydroxylation is 1. The van der Waals surface area contributed by atoms with Gasteiger partial charge in [0.05, 0.1) is 6.54 Å². The Bertz CT molecular complexity index is 293. The van der Waals surface area contributed by atoms with Gasteiger partial charge in [0.2, 0.25) is 0 Å². The van der Waals surface area contributed by atoms with Crippen molar-refractivity contribution in [2.45, 2.75) is 52.6 Å². The molecular formula is C11H22N4. The first-order valence-corrected chi connectivity index (χ1v) is 5.73. The van der Waals surface area contributed by atoms with E-state index in [1.54, 1.807) is 0 Å². The maximum Gasteiger partial charge on any atom is 0.146 e. The number of nitrogens with one attached hydrogen (secondary N) is 1. The molecule has 0 radical (unpaired) electrons. The standard InChI is InChI=1S/C11H22N4/c1-5-6-7-9(2)12-8-11-14-13-10(3)15(11)4/h9,12H,5-8H2,1-4H3. The summed E-state index contributed by atoms with van der Waals surface area (Å²) in [7, 11) is 2.00. The third kappa shape index (κ3) is 3.63. The number of nitrogens with zero attached hydrogens (tertiary/aromatic N) is 3. The Morgan fingerprint density at radius 2 is 2.13 bits per heavy atom. The van der Waals surface area contributed by atoms with E-state index >= 15 is 0 Å². The lowest BCUT2D eigenvalue weighted by Gasteiger charge is -2.12. The molecule has 1 rings (SSSR count). The van der Waals surface area contributed by atoms with Gasteiger partial charge >= 0.3 is 0 Å². The van der Waals surface area contributed by atoms with Crippen LogP contribution >= 0.6 is 0 Å². The largest absolute Gasteiger partial charge is 0.317 e. The Balaban J connectivity index is 2.33. The highest BCUT2D eigenvalue weighted by atomic mass is 15.3. The number of unbranched alkanes of at least 4 members (excludes halogenated alkanes) is 1. The van der Waals surface area contributed by atoms with Crippen LogP contribution < -0.4 is 5.32 Å². The second kappa shape index (κ2) is 5.85. The number of hydrogen-bond donors (Lipinski definition) is 1. The molecule has 1 unspecified atom stereocenters. The van der Waals surface area contributed by atoms with Gasteiger partial charge in [-0.3, -0.25) is 0 Å². The minimum atomic E-state index is 0.557. The van der Waals surface area contributed by atoms with Crippen LogP contribution in [0.4, 0.5) is 0 Å². The molecule has 4 nitrogen and oxygen atoms in total. The van der Waals surface area contributed by atoms with Crippen LogP contribution in [0, 0.1) is 6.92 Å². The van der Waals surface area contributed by atoms with Crippen molar-refractivity contribution in [3.05, 3.63) is 11.6 Å². The van der Waals surface area contributed by atoms with Gasteiger partial charge in [0.25, 0.3) is 0 Å². The Morgan fingerprint density at radius 3 is 2.67 bits per heavy atom. The molecular weight excluding hydrogens is 188 g/mol. The lowest BCUT2D eigenvalue weighted by Crippen LogP contribution is -2.26. The molecule has 0 aliphatic carbocycles. The zero-order chi connectivity index (χ0) is 11.3. The quantitative estimate of drug-likeness (QED) is 0.778. The van der Waals surface area contributed by atoms with Crippen LogP contribution in [0.15, 0.2) is 0 Å². The summed E-state index contributed by atoms with van der Waals surface area (Å²) in [6.45, 7) is 7.22. The van der Waals surface area contributed by atoms with Crippen LogP contribution in [-0.4, -0.2) is 20.8 Å². The molecule has 86 valence electrons. The monoisotopic (exact) mass is 210 g/mol. The van der Waals surface area contributed by atoms with Gasteiger partial charge in [-0.2, -0.15) is 0 Å². The summed E-state index contributed by atoms with van der Waals surface area (Å²) in [5, 5.41) is 11.6. The Kier molecular flexibility index (Phi) is 4.75. The fourth-order valence-corrected chi connectivity index (χ4v) is 1.48. The van der Waals surface area contributed by atoms with Crippen LogP contribution in [-0.2, 0) is 13.6 Å². The second-order valence-electron chi connectivity index (χ2n) is 4.15. The molecule has 0 amide bonds. The van der Waals surface area contributed by atoms with Crippen molar-refractivity contribution < 1.29 is 0 Å². The van der Waals surface area contributed by atoms with Gasteiger partial charge in [-0.15, -0.1) is 10.2 Å². The minimum Gasteiger partial charge on any atom is -0.317 e. The smallest absolute Gasteiger partial charge is 0.146 e. The third-order valence-electron chi connectivity index (χ3n) is 2.78. The molecule has 0 aromatic carbocycles. The molecule has 0 saturated heterocycles. The Labute approximate surface area is 92.1 Å². The first-order chi connectivity index (χ1) is 7.15. The van der Waals surface area contributed by atoms with Crippen LogP contribution in [0.3, 0.4) is 0 Å². The van der Waals surface area contributed by atoms with Gasteiger partial charge in [0.15, 0.2) is 0 Å². The maximum absolute atomic E-state index is 4.12. The van der Waals surface area contributed by atoms with E-state index in [-0.39, 0.29) is 0 Å². The predicted molar refractivity (Wildman–Crippen MR) is 61.6 cm³/mol. The second-order valence-corrected chi connectivity index (χ2v) is 4.15. The number of rotatable bonds is 6. The number of aromatic nitrogens is 3. The molecule has 0 saturated carbocycles. The van der Waals surface area contributed by atoms with Crippen molar-refractivity contribution >= 4 is 0 Å². The van der Waals surface area contributed by atoms with Crippen molar-refractivity contribution in [1.29, 1.82) is 0 Å². The van der Waals surface area contributed by atoms with E-state index in [1.807, 2.05) is 18.5 Å². The minimum absolute atomic E-state index is 0.557. The average Bonchev–Trinajstić information content (AvgIpc) is 2.54. The molecule has 0 aliphatic heterocycles. The molecule has 1 aromatic rings. The van der Waals surface area contributed by atoms with Crippen molar-refractivity contribution in [2.24, 2.45) is 7.05 Å². The van der Waals surface area contributed by atoms with Gasteiger partial charge in [-0.1, -0.05) is 19.8 Å². The van der Waals surface area contributed by atoms with E-state index < -0.39 is 0 Å². The molecule has 0 spiro atoms. The number of hydrogen-bond acceptors (Lipinski definition) is 3. The van der Waals surface area contributed by atoms with Crippen molar-refractivity contribution in [1.82, 2.24) is 20.1 Å². The molecule has 1 N–H and O–H groups in total. The highest BCUT2D eigenvalue weighted by molar-refractivity contribution is 4.92. The van der Waals surface area contributed by atoms with E-state index in [0.717, 1.165) is 18.2 Å². The van der Waals surface area contributed by atoms with Gasteiger partial charge in [0, 0.05) is 13.1 Å². The van der Waals surface area contributed by atoms with E-state index in [1.165, 1.54) is 19.3 Å². The lowest BCUT2D eigenvalue weighted by atomic mass is 10.1. The molecule has 1 aromatic heterocycles. The average molecular weight is 210 g/mol. The molecule has 0 aliphatic rings. The van der Waals surface area contributed by atoms with Gasteiger partial charge < -0.3 is 9.88 Å². The van der Waals surface area contributed by atoms with Gasteiger partial charge in [0.1, 0.15) is 11.6 Å². The van der Waals surface area contributed by atoms with Crippen LogP contribution in [0.5, 0.6) is 0 Å². The van der Waals surface area contributed by atoms with Crippen LogP contribution in [0.1, 0.15) is 44.8 Å². The molecule has 1 atom stereocenters. The molecule has 15 heavy (non-hydrogen) atoms. The third-order valence-corrected chi connectivity index (χ3v) is 2.78. The van der Waals surface area contributed by atoms with Crippen molar-refractivity contribution in [3.63, 3.8) is 0 Å². The zero-order valence-corrected chi connectivity index (χ0v) is 10.2. The van der Waals surface area contributed by atoms with E-state index in [4.69, 9.17) is 0 Å². The lowest BCUT2D eigenvalue weighted by molar-refractivity contribution is 0.481. The first kappa shape index (κ1) is 12.2. The topological polar surface area (TPSA) is 42.7 Å². The van der Waals surface area contributed by atoms with Crippen LogP contribution in [0.2, 0.25) is 0 Å². The molecule has 0 bridgehead atoms. The first-order valence-electron chi connectivity index (χ1n) is 5.73. The Morgan fingerprint density at radius 1 is 1.40 bits per heavy atom. The molecule has 0 fully saturated rings. The van der Waals surface area contributed by atoms with Crippen molar-refractivity contribution in [2.75, 3.05) is 0 Å².